The zero-order chi connectivity index (χ0) is 14.8. The molecule has 1 aliphatic rings. The van der Waals surface area contributed by atoms with Crippen LogP contribution in [0.25, 0.3) is 0 Å². The Kier molecular flexibility index (Phi) is 3.84. The van der Waals surface area contributed by atoms with Crippen LogP contribution in [-0.2, 0) is 6.54 Å². The van der Waals surface area contributed by atoms with Gasteiger partial charge in [-0.15, -0.1) is 0 Å². The Labute approximate surface area is 131 Å². The summed E-state index contributed by atoms with van der Waals surface area (Å²) in [5.74, 6) is 0.813. The number of halogens is 1. The maximum atomic E-state index is 12.3. The van der Waals surface area contributed by atoms with Crippen LogP contribution in [0.2, 0.25) is 0 Å². The van der Waals surface area contributed by atoms with E-state index in [0.29, 0.717) is 30.9 Å². The summed E-state index contributed by atoms with van der Waals surface area (Å²) in [4.78, 5) is 14.0. The molecule has 0 fully saturated rings. The maximum Gasteiger partial charge on any atom is 0.254 e. The van der Waals surface area contributed by atoms with E-state index in [9.17, 15) is 4.79 Å². The number of anilines is 1. The minimum absolute atomic E-state index is 0.0233. The summed E-state index contributed by atoms with van der Waals surface area (Å²) in [6, 6.07) is 13.1. The lowest BCUT2D eigenvalue weighted by molar-refractivity contribution is 0.0753. The fourth-order valence-electron chi connectivity index (χ4n) is 2.39. The van der Waals surface area contributed by atoms with Crippen molar-refractivity contribution in [3.8, 4) is 5.75 Å². The highest BCUT2D eigenvalue weighted by Crippen LogP contribution is 2.24. The largest absolute Gasteiger partial charge is 0.492 e. The van der Waals surface area contributed by atoms with E-state index in [2.05, 4.69) is 15.9 Å². The Morgan fingerprint density at radius 2 is 2.10 bits per heavy atom. The number of fused-ring (bicyclic) bond motifs is 1. The van der Waals surface area contributed by atoms with Gasteiger partial charge in [0.15, 0.2) is 0 Å². The third-order valence-electron chi connectivity index (χ3n) is 3.44. The maximum absolute atomic E-state index is 12.3. The van der Waals surface area contributed by atoms with E-state index < -0.39 is 0 Å². The number of nitrogens with two attached hydrogens (primary N) is 1. The van der Waals surface area contributed by atoms with Crippen molar-refractivity contribution >= 4 is 27.5 Å². The third-order valence-corrected chi connectivity index (χ3v) is 3.93. The van der Waals surface area contributed by atoms with Crippen molar-refractivity contribution in [3.63, 3.8) is 0 Å². The third kappa shape index (κ3) is 3.03. The Bertz CT molecular complexity index is 688. The molecule has 21 heavy (non-hydrogen) atoms. The van der Waals surface area contributed by atoms with E-state index in [1.807, 2.05) is 36.4 Å². The highest BCUT2D eigenvalue weighted by Gasteiger charge is 2.26. The molecule has 3 rings (SSSR count). The molecule has 0 atom stereocenters. The molecule has 0 saturated heterocycles. The minimum Gasteiger partial charge on any atom is -0.492 e. The lowest BCUT2D eigenvalue weighted by Crippen LogP contribution is -2.28. The number of nitrogens with zero attached hydrogens (tertiary/aromatic N) is 1. The molecule has 1 aliphatic heterocycles. The van der Waals surface area contributed by atoms with Gasteiger partial charge in [-0.2, -0.15) is 0 Å². The Morgan fingerprint density at radius 1 is 1.24 bits per heavy atom. The molecule has 108 valence electrons. The van der Waals surface area contributed by atoms with Crippen LogP contribution in [0.3, 0.4) is 0 Å². The molecule has 1 heterocycles. The van der Waals surface area contributed by atoms with Gasteiger partial charge < -0.3 is 15.4 Å². The molecule has 2 aromatic rings. The highest BCUT2D eigenvalue weighted by molar-refractivity contribution is 9.10. The van der Waals surface area contributed by atoms with Gasteiger partial charge in [-0.05, 0) is 35.9 Å². The molecule has 0 radical (unpaired) electrons. The van der Waals surface area contributed by atoms with Gasteiger partial charge in [-0.3, -0.25) is 4.79 Å². The molecule has 2 aromatic carbocycles. The smallest absolute Gasteiger partial charge is 0.254 e. The van der Waals surface area contributed by atoms with E-state index in [4.69, 9.17) is 10.5 Å². The molecule has 1 amide bonds. The summed E-state index contributed by atoms with van der Waals surface area (Å²) < 4.78 is 6.64. The van der Waals surface area contributed by atoms with Gasteiger partial charge in [0.1, 0.15) is 12.4 Å². The van der Waals surface area contributed by atoms with Crippen LogP contribution in [0, 0.1) is 0 Å². The van der Waals surface area contributed by atoms with Crippen LogP contribution in [0.5, 0.6) is 5.75 Å². The number of benzene rings is 2. The van der Waals surface area contributed by atoms with Crippen molar-refractivity contribution < 1.29 is 9.53 Å². The standard InChI is InChI=1S/C16H15BrN2O2/c17-12-2-1-3-14(8-12)21-7-6-19-10-11-4-5-13(18)9-15(11)16(19)20/h1-5,8-9H,6-7,10,18H2. The molecular weight excluding hydrogens is 332 g/mol. The topological polar surface area (TPSA) is 55.6 Å². The summed E-state index contributed by atoms with van der Waals surface area (Å²) in [5, 5.41) is 0. The average molecular weight is 347 g/mol. The molecule has 0 aromatic heterocycles. The lowest BCUT2D eigenvalue weighted by atomic mass is 10.1. The Balaban J connectivity index is 1.59. The molecule has 0 aliphatic carbocycles. The van der Waals surface area contributed by atoms with Crippen molar-refractivity contribution in [1.29, 1.82) is 0 Å². The molecule has 5 heteroatoms. The van der Waals surface area contributed by atoms with Gasteiger partial charge in [0.2, 0.25) is 0 Å². The fraction of sp³-hybridized carbons (Fsp3) is 0.188. The van der Waals surface area contributed by atoms with E-state index in [1.165, 1.54) is 0 Å². The summed E-state index contributed by atoms with van der Waals surface area (Å²) in [7, 11) is 0. The van der Waals surface area contributed by atoms with E-state index in [-0.39, 0.29) is 5.91 Å². The number of carbonyl (C=O) groups is 1. The SMILES string of the molecule is Nc1ccc2c(c1)C(=O)N(CCOc1cccc(Br)c1)C2. The Morgan fingerprint density at radius 3 is 2.90 bits per heavy atom. The summed E-state index contributed by atoms with van der Waals surface area (Å²) in [5.41, 5.74) is 8.08. The van der Waals surface area contributed by atoms with Gasteiger partial charge in [0.05, 0.1) is 6.54 Å². The number of nitrogen functional groups attached to an aromatic ring is 1. The number of carbonyl (C=O) groups excluding carboxylic acids is 1. The second kappa shape index (κ2) is 5.77. The van der Waals surface area contributed by atoms with Gasteiger partial charge >= 0.3 is 0 Å². The lowest BCUT2D eigenvalue weighted by Gasteiger charge is -2.16. The second-order valence-electron chi connectivity index (χ2n) is 4.95. The number of hydrogen-bond acceptors (Lipinski definition) is 3. The van der Waals surface area contributed by atoms with Crippen LogP contribution in [0.4, 0.5) is 5.69 Å². The normalized spacial score (nSPS) is 13.4. The number of hydrogen-bond donors (Lipinski definition) is 1. The van der Waals surface area contributed by atoms with Crippen molar-refractivity contribution in [2.75, 3.05) is 18.9 Å². The molecular formula is C16H15BrN2O2. The average Bonchev–Trinajstić information content (AvgIpc) is 2.76. The van der Waals surface area contributed by atoms with Crippen LogP contribution < -0.4 is 10.5 Å². The van der Waals surface area contributed by atoms with Crippen molar-refractivity contribution in [2.24, 2.45) is 0 Å². The molecule has 0 spiro atoms. The predicted octanol–water partition coefficient (Wildman–Crippen LogP) is 3.07. The number of rotatable bonds is 4. The van der Waals surface area contributed by atoms with Crippen molar-refractivity contribution in [1.82, 2.24) is 4.90 Å². The summed E-state index contributed by atoms with van der Waals surface area (Å²) in [6.07, 6.45) is 0. The minimum atomic E-state index is 0.0233. The monoisotopic (exact) mass is 346 g/mol. The zero-order valence-electron chi connectivity index (χ0n) is 11.4. The van der Waals surface area contributed by atoms with E-state index in [1.54, 1.807) is 11.0 Å². The van der Waals surface area contributed by atoms with Gasteiger partial charge in [0, 0.05) is 22.3 Å². The van der Waals surface area contributed by atoms with E-state index in [0.717, 1.165) is 15.8 Å². The second-order valence-corrected chi connectivity index (χ2v) is 5.86. The molecule has 4 nitrogen and oxygen atoms in total. The van der Waals surface area contributed by atoms with E-state index >= 15 is 0 Å². The predicted molar refractivity (Wildman–Crippen MR) is 85.2 cm³/mol. The van der Waals surface area contributed by atoms with Gasteiger partial charge in [-0.1, -0.05) is 28.1 Å². The molecule has 2 N–H and O–H groups in total. The van der Waals surface area contributed by atoms with Crippen LogP contribution >= 0.6 is 15.9 Å². The quantitative estimate of drug-likeness (QED) is 0.865. The molecule has 0 unspecified atom stereocenters. The highest BCUT2D eigenvalue weighted by atomic mass is 79.9. The van der Waals surface area contributed by atoms with Crippen molar-refractivity contribution in [3.05, 3.63) is 58.1 Å². The number of amides is 1. The summed E-state index contributed by atoms with van der Waals surface area (Å²) >= 11 is 3.40. The van der Waals surface area contributed by atoms with Crippen LogP contribution in [0.15, 0.2) is 46.9 Å². The first-order valence-corrected chi connectivity index (χ1v) is 7.49. The molecule has 0 saturated carbocycles. The fourth-order valence-corrected chi connectivity index (χ4v) is 2.77. The molecule has 0 bridgehead atoms. The first-order chi connectivity index (χ1) is 10.1. The van der Waals surface area contributed by atoms with Gasteiger partial charge in [0.25, 0.3) is 5.91 Å². The van der Waals surface area contributed by atoms with Crippen LogP contribution in [-0.4, -0.2) is 24.0 Å². The first kappa shape index (κ1) is 13.9. The first-order valence-electron chi connectivity index (χ1n) is 6.69. The summed E-state index contributed by atoms with van der Waals surface area (Å²) in [6.45, 7) is 1.64. The van der Waals surface area contributed by atoms with Crippen molar-refractivity contribution in [2.45, 2.75) is 6.54 Å². The zero-order valence-corrected chi connectivity index (χ0v) is 13.0. The van der Waals surface area contributed by atoms with Gasteiger partial charge in [-0.25, -0.2) is 0 Å². The Hall–Kier alpha value is -2.01. The number of ether oxygens (including phenoxy) is 1. The van der Waals surface area contributed by atoms with Crippen LogP contribution in [0.1, 0.15) is 15.9 Å².